The first-order valence-electron chi connectivity index (χ1n) is 17.8. The van der Waals surface area contributed by atoms with Crippen LogP contribution in [0.2, 0.25) is 0 Å². The monoisotopic (exact) mass is 659 g/mol. The number of esters is 2. The minimum Gasteiger partial charge on any atom is -0.462 e. The number of phosphoric ester groups is 1. The van der Waals surface area contributed by atoms with E-state index in [1.165, 1.54) is 51.4 Å². The van der Waals surface area contributed by atoms with Crippen LogP contribution in [-0.2, 0) is 32.7 Å². The molecule has 0 aliphatic carbocycles. The average molecular weight is 660 g/mol. The van der Waals surface area contributed by atoms with Crippen LogP contribution in [-0.4, -0.2) is 49.3 Å². The summed E-state index contributed by atoms with van der Waals surface area (Å²) in [5.74, 6) is -0.848. The number of ether oxygens (including phenoxy) is 2. The average Bonchev–Trinajstić information content (AvgIpc) is 3.02. The quantitative estimate of drug-likeness (QED) is 0.0306. The summed E-state index contributed by atoms with van der Waals surface area (Å²) in [4.78, 5) is 34.6. The summed E-state index contributed by atoms with van der Waals surface area (Å²) in [6.07, 6.45) is 30.7. The zero-order valence-corrected chi connectivity index (χ0v) is 29.5. The van der Waals surface area contributed by atoms with Gasteiger partial charge in [0.1, 0.15) is 6.61 Å². The van der Waals surface area contributed by atoms with Crippen molar-refractivity contribution in [3.63, 3.8) is 0 Å². The van der Waals surface area contributed by atoms with Gasteiger partial charge in [0.15, 0.2) is 6.10 Å². The fourth-order valence-corrected chi connectivity index (χ4v) is 5.45. The molecule has 0 fully saturated rings. The second kappa shape index (κ2) is 32.4. The molecule has 45 heavy (non-hydrogen) atoms. The SMILES string of the molecule is CC/C=C\CCCCCCCCCC(=O)OC[C@H](COP(=O)(O)OCCN)OC(=O)CCCCCCC/C=C\CCCCCC. The van der Waals surface area contributed by atoms with Crippen LogP contribution in [0.4, 0.5) is 0 Å². The van der Waals surface area contributed by atoms with E-state index in [0.717, 1.165) is 70.6 Å². The van der Waals surface area contributed by atoms with Gasteiger partial charge in [-0.1, -0.05) is 109 Å². The van der Waals surface area contributed by atoms with Gasteiger partial charge >= 0.3 is 19.8 Å². The van der Waals surface area contributed by atoms with E-state index in [9.17, 15) is 19.0 Å². The van der Waals surface area contributed by atoms with Crippen LogP contribution in [0.15, 0.2) is 24.3 Å². The highest BCUT2D eigenvalue weighted by Crippen LogP contribution is 2.43. The van der Waals surface area contributed by atoms with Gasteiger partial charge < -0.3 is 20.1 Å². The van der Waals surface area contributed by atoms with E-state index >= 15 is 0 Å². The number of nitrogens with two attached hydrogens (primary N) is 1. The first kappa shape index (κ1) is 43.5. The summed E-state index contributed by atoms with van der Waals surface area (Å²) in [5, 5.41) is 0. The van der Waals surface area contributed by atoms with Gasteiger partial charge in [0.25, 0.3) is 0 Å². The highest BCUT2D eigenvalue weighted by molar-refractivity contribution is 7.47. The number of phosphoric acid groups is 1. The predicted octanol–water partition coefficient (Wildman–Crippen LogP) is 9.27. The number of carbonyl (C=O) groups excluding carboxylic acids is 2. The summed E-state index contributed by atoms with van der Waals surface area (Å²) in [5.41, 5.74) is 5.32. The third-order valence-corrected chi connectivity index (χ3v) is 8.31. The van der Waals surface area contributed by atoms with Gasteiger partial charge in [-0.2, -0.15) is 0 Å². The van der Waals surface area contributed by atoms with Crippen molar-refractivity contribution < 1.29 is 37.6 Å². The molecule has 0 aromatic heterocycles. The Kier molecular flexibility index (Phi) is 31.3. The van der Waals surface area contributed by atoms with E-state index in [2.05, 4.69) is 38.2 Å². The Morgan fingerprint density at radius 2 is 1.16 bits per heavy atom. The Balaban J connectivity index is 4.28. The Labute approximate surface area is 274 Å². The summed E-state index contributed by atoms with van der Waals surface area (Å²) < 4.78 is 32.5. The molecule has 0 aliphatic heterocycles. The number of hydrogen-bond donors (Lipinski definition) is 2. The second-order valence-corrected chi connectivity index (χ2v) is 13.2. The van der Waals surface area contributed by atoms with Crippen molar-refractivity contribution in [2.24, 2.45) is 5.73 Å². The minimum absolute atomic E-state index is 0.0520. The molecule has 1 unspecified atom stereocenters. The lowest BCUT2D eigenvalue weighted by Gasteiger charge is -2.19. The Morgan fingerprint density at radius 1 is 0.667 bits per heavy atom. The number of hydrogen-bond acceptors (Lipinski definition) is 8. The molecular weight excluding hydrogens is 593 g/mol. The van der Waals surface area contributed by atoms with Crippen molar-refractivity contribution in [3.05, 3.63) is 24.3 Å². The second-order valence-electron chi connectivity index (χ2n) is 11.7. The molecule has 0 saturated heterocycles. The van der Waals surface area contributed by atoms with Crippen LogP contribution in [0.25, 0.3) is 0 Å². The van der Waals surface area contributed by atoms with Gasteiger partial charge in [-0.25, -0.2) is 4.57 Å². The van der Waals surface area contributed by atoms with Gasteiger partial charge in [0, 0.05) is 19.4 Å². The van der Waals surface area contributed by atoms with Crippen molar-refractivity contribution in [2.75, 3.05) is 26.4 Å². The van der Waals surface area contributed by atoms with Crippen molar-refractivity contribution >= 4 is 19.8 Å². The normalized spacial score (nSPS) is 13.8. The maximum Gasteiger partial charge on any atom is 0.472 e. The maximum atomic E-state index is 12.5. The molecule has 0 rings (SSSR count). The maximum absolute atomic E-state index is 12.5. The van der Waals surface area contributed by atoms with Gasteiger partial charge in [0.05, 0.1) is 13.2 Å². The fourth-order valence-electron chi connectivity index (χ4n) is 4.69. The lowest BCUT2D eigenvalue weighted by atomic mass is 10.1. The zero-order valence-electron chi connectivity index (χ0n) is 28.6. The van der Waals surface area contributed by atoms with Gasteiger partial charge in [-0.05, 0) is 57.8 Å². The minimum atomic E-state index is -4.37. The van der Waals surface area contributed by atoms with Crippen molar-refractivity contribution in [1.82, 2.24) is 0 Å². The standard InChI is InChI=1S/C35H66NO8P/c1-3-5-7-9-11-13-15-16-18-20-22-24-26-28-35(38)44-33(32-43-45(39,40)42-30-29-36)31-41-34(37)27-25-23-21-19-17-14-12-10-8-6-4-2/h6,8,13,15,33H,3-5,7,9-12,14,16-32,36H2,1-2H3,(H,39,40)/b8-6-,15-13-/t33-/m1/s1. The molecule has 0 radical (unpaired) electrons. The van der Waals surface area contributed by atoms with Crippen molar-refractivity contribution in [3.8, 4) is 0 Å². The fraction of sp³-hybridized carbons (Fsp3) is 0.829. The topological polar surface area (TPSA) is 134 Å². The summed E-state index contributed by atoms with van der Waals surface area (Å²) in [7, 11) is -4.37. The molecule has 2 atom stereocenters. The van der Waals surface area contributed by atoms with Crippen LogP contribution >= 0.6 is 7.82 Å². The van der Waals surface area contributed by atoms with E-state index in [-0.39, 0.29) is 32.6 Å². The highest BCUT2D eigenvalue weighted by Gasteiger charge is 2.25. The molecule has 0 bridgehead atoms. The number of unbranched alkanes of at least 4 members (excludes halogenated alkanes) is 16. The molecule has 10 heteroatoms. The Hall–Kier alpha value is -1.51. The van der Waals surface area contributed by atoms with E-state index < -0.39 is 32.5 Å². The van der Waals surface area contributed by atoms with Crippen molar-refractivity contribution in [1.29, 1.82) is 0 Å². The lowest BCUT2D eigenvalue weighted by molar-refractivity contribution is -0.161. The summed E-state index contributed by atoms with van der Waals surface area (Å²) in [6.45, 7) is 3.59. The summed E-state index contributed by atoms with van der Waals surface area (Å²) >= 11 is 0. The number of allylic oxidation sites excluding steroid dienone is 4. The molecule has 0 saturated carbocycles. The molecule has 0 aromatic carbocycles. The predicted molar refractivity (Wildman–Crippen MR) is 183 cm³/mol. The van der Waals surface area contributed by atoms with Gasteiger partial charge in [-0.3, -0.25) is 18.6 Å². The van der Waals surface area contributed by atoms with E-state index in [4.69, 9.17) is 24.3 Å². The van der Waals surface area contributed by atoms with E-state index in [1.54, 1.807) is 0 Å². The first-order chi connectivity index (χ1) is 21.8. The molecule has 0 spiro atoms. The highest BCUT2D eigenvalue weighted by atomic mass is 31.2. The van der Waals surface area contributed by atoms with Crippen LogP contribution in [0.3, 0.4) is 0 Å². The molecule has 3 N–H and O–H groups in total. The Bertz CT molecular complexity index is 805. The molecule has 0 amide bonds. The number of carbonyl (C=O) groups is 2. The van der Waals surface area contributed by atoms with Crippen LogP contribution in [0, 0.1) is 0 Å². The van der Waals surface area contributed by atoms with Gasteiger partial charge in [0.2, 0.25) is 0 Å². The molecule has 264 valence electrons. The first-order valence-corrected chi connectivity index (χ1v) is 19.3. The van der Waals surface area contributed by atoms with Gasteiger partial charge in [-0.15, -0.1) is 0 Å². The van der Waals surface area contributed by atoms with Crippen molar-refractivity contribution in [2.45, 2.75) is 161 Å². The third-order valence-electron chi connectivity index (χ3n) is 7.32. The van der Waals surface area contributed by atoms with E-state index in [1.807, 2.05) is 0 Å². The smallest absolute Gasteiger partial charge is 0.462 e. The molecular formula is C35H66NO8P. The third kappa shape index (κ3) is 32.2. The Morgan fingerprint density at radius 3 is 1.69 bits per heavy atom. The van der Waals surface area contributed by atoms with Crippen LogP contribution in [0.5, 0.6) is 0 Å². The number of rotatable bonds is 33. The largest absolute Gasteiger partial charge is 0.472 e. The zero-order chi connectivity index (χ0) is 33.3. The van der Waals surface area contributed by atoms with Crippen LogP contribution in [0.1, 0.15) is 155 Å². The molecule has 0 aliphatic rings. The summed E-state index contributed by atoms with van der Waals surface area (Å²) in [6, 6.07) is 0. The molecule has 0 aromatic rings. The lowest BCUT2D eigenvalue weighted by Crippen LogP contribution is -2.29. The molecule has 0 heterocycles. The van der Waals surface area contributed by atoms with E-state index in [0.29, 0.717) is 6.42 Å². The van der Waals surface area contributed by atoms with Crippen LogP contribution < -0.4 is 5.73 Å². The molecule has 9 nitrogen and oxygen atoms in total.